The van der Waals surface area contributed by atoms with E-state index in [1.165, 1.54) is 19.4 Å². The molecule has 0 aromatic carbocycles. The molecule has 5 nitrogen and oxygen atoms in total. The molecule has 1 N–H and O–H groups in total. The highest BCUT2D eigenvalue weighted by atomic mass is 16.5. The predicted molar refractivity (Wildman–Crippen MR) is 113 cm³/mol. The summed E-state index contributed by atoms with van der Waals surface area (Å²) in [5.41, 5.74) is 0.841. The number of esters is 2. The summed E-state index contributed by atoms with van der Waals surface area (Å²) in [5, 5.41) is 11.6. The van der Waals surface area contributed by atoms with E-state index in [-0.39, 0.29) is 28.9 Å². The number of fused-ring (bicyclic) bond motifs is 5. The van der Waals surface area contributed by atoms with Crippen molar-refractivity contribution >= 4 is 11.9 Å². The number of hydrogen-bond donors (Lipinski definition) is 1. The lowest BCUT2D eigenvalue weighted by Gasteiger charge is -2.59. The molecule has 4 rings (SSSR count). The summed E-state index contributed by atoms with van der Waals surface area (Å²) in [6.45, 7) is 7.96. The van der Waals surface area contributed by atoms with E-state index in [1.54, 1.807) is 0 Å². The van der Waals surface area contributed by atoms with Crippen molar-refractivity contribution in [2.24, 2.45) is 28.6 Å². The number of carbonyl (C=O) groups is 2. The molecule has 168 valence electrons. The highest BCUT2D eigenvalue weighted by Gasteiger charge is 2.63. The van der Waals surface area contributed by atoms with Crippen LogP contribution in [0.25, 0.3) is 0 Å². The Bertz CT molecular complexity index is 744. The van der Waals surface area contributed by atoms with Gasteiger partial charge in [0, 0.05) is 26.7 Å². The summed E-state index contributed by atoms with van der Waals surface area (Å²) in [6.07, 6.45) is 11.0. The van der Waals surface area contributed by atoms with Gasteiger partial charge in [-0.2, -0.15) is 0 Å². The molecule has 5 heteroatoms. The average Bonchev–Trinajstić information content (AvgIpc) is 2.93. The molecule has 0 saturated heterocycles. The minimum atomic E-state index is -0.740. The van der Waals surface area contributed by atoms with Crippen molar-refractivity contribution in [2.75, 3.05) is 6.61 Å². The number of carbonyl (C=O) groups excluding carboxylic acids is 2. The molecule has 4 aliphatic carbocycles. The SMILES string of the molecule is CC(=O)OCC[C@]1(O)CC[C@H]2[C@@H]3CC=C4C[C@@H](OC(C)=O)CC[C@]4(C)[C@H]3CC[C@@]21C. The van der Waals surface area contributed by atoms with E-state index in [0.717, 1.165) is 51.4 Å². The first-order valence-corrected chi connectivity index (χ1v) is 11.8. The molecule has 3 saturated carbocycles. The fourth-order valence-electron chi connectivity index (χ4n) is 7.85. The molecule has 0 aromatic rings. The van der Waals surface area contributed by atoms with Gasteiger partial charge >= 0.3 is 11.9 Å². The van der Waals surface area contributed by atoms with Crippen LogP contribution in [0.5, 0.6) is 0 Å². The molecule has 0 aromatic heterocycles. The van der Waals surface area contributed by atoms with Crippen molar-refractivity contribution < 1.29 is 24.2 Å². The van der Waals surface area contributed by atoms with E-state index in [4.69, 9.17) is 9.47 Å². The van der Waals surface area contributed by atoms with Crippen molar-refractivity contribution in [3.8, 4) is 0 Å². The molecule has 30 heavy (non-hydrogen) atoms. The highest BCUT2D eigenvalue weighted by Crippen LogP contribution is 2.67. The predicted octanol–water partition coefficient (Wildman–Crippen LogP) is 4.57. The molecular formula is C25H38O5. The molecule has 0 radical (unpaired) electrons. The van der Waals surface area contributed by atoms with Gasteiger partial charge in [-0.25, -0.2) is 0 Å². The van der Waals surface area contributed by atoms with Gasteiger partial charge in [-0.3, -0.25) is 9.59 Å². The minimum Gasteiger partial charge on any atom is -0.466 e. The number of aliphatic hydroxyl groups is 1. The monoisotopic (exact) mass is 418 g/mol. The Hall–Kier alpha value is -1.36. The number of allylic oxidation sites excluding steroid dienone is 1. The minimum absolute atomic E-state index is 0.0325. The van der Waals surface area contributed by atoms with E-state index in [1.807, 2.05) is 0 Å². The van der Waals surface area contributed by atoms with Crippen LogP contribution in [-0.2, 0) is 19.1 Å². The fourth-order valence-corrected chi connectivity index (χ4v) is 7.85. The normalized spacial score (nSPS) is 44.9. The number of ether oxygens (including phenoxy) is 2. The maximum absolute atomic E-state index is 11.6. The first-order chi connectivity index (χ1) is 14.1. The third kappa shape index (κ3) is 3.41. The van der Waals surface area contributed by atoms with Crippen molar-refractivity contribution in [1.29, 1.82) is 0 Å². The summed E-state index contributed by atoms with van der Waals surface area (Å²) in [7, 11) is 0. The standard InChI is InChI=1S/C25H38O5/c1-16(26)29-14-13-25(28)12-9-22-20-6-5-18-15-19(30-17(2)27)7-10-23(18,3)21(20)8-11-24(22,25)4/h5,19-22,28H,6-15H2,1-4H3/t19-,20+,21-,22-,23-,24-,25+/m0/s1. The van der Waals surface area contributed by atoms with E-state index in [2.05, 4.69) is 19.9 Å². The third-order valence-corrected chi connectivity index (χ3v) is 9.53. The molecule has 0 unspecified atom stereocenters. The van der Waals surface area contributed by atoms with Gasteiger partial charge < -0.3 is 14.6 Å². The maximum Gasteiger partial charge on any atom is 0.302 e. The second-order valence-corrected chi connectivity index (χ2v) is 10.9. The lowest BCUT2D eigenvalue weighted by atomic mass is 9.47. The molecular weight excluding hydrogens is 380 g/mol. The van der Waals surface area contributed by atoms with Gasteiger partial charge in [0.15, 0.2) is 0 Å². The van der Waals surface area contributed by atoms with Crippen LogP contribution >= 0.6 is 0 Å². The van der Waals surface area contributed by atoms with Crippen molar-refractivity contribution in [3.63, 3.8) is 0 Å². The first kappa shape index (κ1) is 21.9. The molecule has 0 bridgehead atoms. The zero-order chi connectivity index (χ0) is 21.7. The fraction of sp³-hybridized carbons (Fsp3) is 0.840. The van der Waals surface area contributed by atoms with Crippen LogP contribution in [0.1, 0.15) is 85.5 Å². The quantitative estimate of drug-likeness (QED) is 0.535. The summed E-state index contributed by atoms with van der Waals surface area (Å²) in [4.78, 5) is 22.6. The second-order valence-electron chi connectivity index (χ2n) is 10.9. The molecule has 7 atom stereocenters. The van der Waals surface area contributed by atoms with Crippen LogP contribution in [0.4, 0.5) is 0 Å². The Morgan fingerprint density at radius 3 is 2.50 bits per heavy atom. The smallest absolute Gasteiger partial charge is 0.302 e. The van der Waals surface area contributed by atoms with Gasteiger partial charge in [-0.15, -0.1) is 0 Å². The van der Waals surface area contributed by atoms with Gasteiger partial charge in [0.2, 0.25) is 0 Å². The number of rotatable bonds is 4. The van der Waals surface area contributed by atoms with Gasteiger partial charge in [0.25, 0.3) is 0 Å². The highest BCUT2D eigenvalue weighted by molar-refractivity contribution is 5.66. The van der Waals surface area contributed by atoms with Crippen molar-refractivity contribution in [1.82, 2.24) is 0 Å². The zero-order valence-electron chi connectivity index (χ0n) is 19.0. The van der Waals surface area contributed by atoms with Crippen molar-refractivity contribution in [3.05, 3.63) is 11.6 Å². The Morgan fingerprint density at radius 2 is 1.80 bits per heavy atom. The van der Waals surface area contributed by atoms with E-state index in [0.29, 0.717) is 30.8 Å². The van der Waals surface area contributed by atoms with Gasteiger partial charge in [-0.05, 0) is 73.5 Å². The van der Waals surface area contributed by atoms with Crippen LogP contribution in [0.15, 0.2) is 11.6 Å². The second kappa shape index (κ2) is 7.65. The molecule has 0 heterocycles. The molecule has 0 aliphatic heterocycles. The van der Waals surface area contributed by atoms with Crippen molar-refractivity contribution in [2.45, 2.75) is 97.2 Å². The van der Waals surface area contributed by atoms with E-state index < -0.39 is 5.60 Å². The summed E-state index contributed by atoms with van der Waals surface area (Å²) < 4.78 is 10.7. The van der Waals surface area contributed by atoms with Crippen LogP contribution in [-0.4, -0.2) is 35.4 Å². The lowest BCUT2D eigenvalue weighted by molar-refractivity contribution is -0.152. The summed E-state index contributed by atoms with van der Waals surface area (Å²) in [6, 6.07) is 0. The van der Waals surface area contributed by atoms with Gasteiger partial charge in [0.1, 0.15) is 6.10 Å². The largest absolute Gasteiger partial charge is 0.466 e. The Balaban J connectivity index is 1.52. The van der Waals surface area contributed by atoms with Gasteiger partial charge in [0.05, 0.1) is 12.2 Å². The van der Waals surface area contributed by atoms with E-state index >= 15 is 0 Å². The average molecular weight is 419 g/mol. The topological polar surface area (TPSA) is 72.8 Å². The number of hydrogen-bond acceptors (Lipinski definition) is 5. The van der Waals surface area contributed by atoms with Crippen LogP contribution in [0, 0.1) is 28.6 Å². The Labute approximate surface area is 180 Å². The third-order valence-electron chi connectivity index (χ3n) is 9.53. The lowest BCUT2D eigenvalue weighted by Crippen LogP contribution is -2.55. The molecule has 3 fully saturated rings. The Morgan fingerprint density at radius 1 is 1.07 bits per heavy atom. The Kier molecular flexibility index (Phi) is 5.57. The molecule has 0 spiro atoms. The summed E-state index contributed by atoms with van der Waals surface area (Å²) in [5.74, 6) is 1.31. The maximum atomic E-state index is 11.6. The molecule has 0 amide bonds. The molecule has 4 aliphatic rings. The summed E-state index contributed by atoms with van der Waals surface area (Å²) >= 11 is 0. The zero-order valence-corrected chi connectivity index (χ0v) is 19.0. The van der Waals surface area contributed by atoms with Crippen LogP contribution in [0.3, 0.4) is 0 Å². The van der Waals surface area contributed by atoms with Crippen LogP contribution < -0.4 is 0 Å². The van der Waals surface area contributed by atoms with Crippen LogP contribution in [0.2, 0.25) is 0 Å². The van der Waals surface area contributed by atoms with E-state index in [9.17, 15) is 14.7 Å². The van der Waals surface area contributed by atoms with Gasteiger partial charge in [-0.1, -0.05) is 25.5 Å². The first-order valence-electron chi connectivity index (χ1n) is 11.8.